The van der Waals surface area contributed by atoms with Gasteiger partial charge in [-0.3, -0.25) is 14.8 Å². The molecule has 2 aliphatic rings. The first-order valence-electron chi connectivity index (χ1n) is 8.67. The molecule has 2 aromatic rings. The lowest BCUT2D eigenvalue weighted by molar-refractivity contribution is 0.0857. The van der Waals surface area contributed by atoms with Crippen LogP contribution in [0.25, 0.3) is 0 Å². The lowest BCUT2D eigenvalue weighted by Gasteiger charge is -2.40. The standard InChI is InChI=1S/C19H25N3S/c1-2-8-20-18(4-1)13-21-9-3-6-19(15-21)7-10-22(16-19)12-17-5-11-23-14-17/h1-2,4-5,8,11,14H,3,6-7,9-10,12-13,15-16H2/t19-/m0/s1. The molecule has 0 radical (unpaired) electrons. The molecule has 3 nitrogen and oxygen atoms in total. The molecule has 2 aliphatic heterocycles. The van der Waals surface area contributed by atoms with Gasteiger partial charge in [0, 0.05) is 32.4 Å². The van der Waals surface area contributed by atoms with Crippen LogP contribution in [0.5, 0.6) is 0 Å². The van der Waals surface area contributed by atoms with Gasteiger partial charge < -0.3 is 0 Å². The number of aromatic nitrogens is 1. The Kier molecular flexibility index (Phi) is 4.47. The monoisotopic (exact) mass is 327 g/mol. The van der Waals surface area contributed by atoms with Gasteiger partial charge in [0.05, 0.1) is 5.69 Å². The first kappa shape index (κ1) is 15.3. The summed E-state index contributed by atoms with van der Waals surface area (Å²) in [5, 5.41) is 4.48. The molecule has 4 rings (SSSR count). The minimum absolute atomic E-state index is 0.517. The van der Waals surface area contributed by atoms with E-state index in [9.17, 15) is 0 Å². The molecule has 0 aromatic carbocycles. The molecule has 0 N–H and O–H groups in total. The summed E-state index contributed by atoms with van der Waals surface area (Å²) in [6, 6.07) is 8.52. The number of thiophene rings is 1. The third-order valence-electron chi connectivity index (χ3n) is 5.36. The van der Waals surface area contributed by atoms with Crippen molar-refractivity contribution in [3.63, 3.8) is 0 Å². The predicted octanol–water partition coefficient (Wildman–Crippen LogP) is 3.63. The van der Waals surface area contributed by atoms with Crippen molar-refractivity contribution in [3.8, 4) is 0 Å². The Morgan fingerprint density at radius 3 is 2.74 bits per heavy atom. The zero-order valence-corrected chi connectivity index (χ0v) is 14.5. The third-order valence-corrected chi connectivity index (χ3v) is 6.09. The maximum Gasteiger partial charge on any atom is 0.0543 e. The smallest absolute Gasteiger partial charge is 0.0543 e. The molecule has 0 bridgehead atoms. The lowest BCUT2D eigenvalue weighted by atomic mass is 9.79. The van der Waals surface area contributed by atoms with Gasteiger partial charge in [-0.2, -0.15) is 11.3 Å². The quantitative estimate of drug-likeness (QED) is 0.855. The van der Waals surface area contributed by atoms with Gasteiger partial charge in [-0.15, -0.1) is 0 Å². The maximum atomic E-state index is 4.50. The molecule has 23 heavy (non-hydrogen) atoms. The van der Waals surface area contributed by atoms with E-state index in [4.69, 9.17) is 0 Å². The van der Waals surface area contributed by atoms with Crippen LogP contribution in [0.4, 0.5) is 0 Å². The second-order valence-electron chi connectivity index (χ2n) is 7.23. The van der Waals surface area contributed by atoms with Gasteiger partial charge in [0.2, 0.25) is 0 Å². The highest BCUT2D eigenvalue weighted by Crippen LogP contribution is 2.39. The average molecular weight is 327 g/mol. The maximum absolute atomic E-state index is 4.50. The molecule has 4 heterocycles. The van der Waals surface area contributed by atoms with Crippen LogP contribution < -0.4 is 0 Å². The number of nitrogens with zero attached hydrogens (tertiary/aromatic N) is 3. The average Bonchev–Trinajstić information content (AvgIpc) is 3.20. The van der Waals surface area contributed by atoms with Gasteiger partial charge in [0.25, 0.3) is 0 Å². The molecule has 0 amide bonds. The summed E-state index contributed by atoms with van der Waals surface area (Å²) < 4.78 is 0. The van der Waals surface area contributed by atoms with Crippen LogP contribution in [0.1, 0.15) is 30.5 Å². The Labute approximate surface area is 143 Å². The van der Waals surface area contributed by atoms with E-state index in [0.29, 0.717) is 5.41 Å². The van der Waals surface area contributed by atoms with Crippen LogP contribution >= 0.6 is 11.3 Å². The van der Waals surface area contributed by atoms with E-state index in [2.05, 4.69) is 43.7 Å². The summed E-state index contributed by atoms with van der Waals surface area (Å²) in [5.74, 6) is 0. The van der Waals surface area contributed by atoms with E-state index in [1.165, 1.54) is 56.7 Å². The van der Waals surface area contributed by atoms with Gasteiger partial charge >= 0.3 is 0 Å². The number of pyridine rings is 1. The Balaban J connectivity index is 1.37. The van der Waals surface area contributed by atoms with E-state index in [0.717, 1.165) is 13.1 Å². The van der Waals surface area contributed by atoms with E-state index in [-0.39, 0.29) is 0 Å². The topological polar surface area (TPSA) is 19.4 Å². The van der Waals surface area contributed by atoms with Crippen LogP contribution in [0.2, 0.25) is 0 Å². The minimum Gasteiger partial charge on any atom is -0.298 e. The Morgan fingerprint density at radius 2 is 1.96 bits per heavy atom. The summed E-state index contributed by atoms with van der Waals surface area (Å²) in [4.78, 5) is 9.79. The molecule has 2 fully saturated rings. The summed E-state index contributed by atoms with van der Waals surface area (Å²) >= 11 is 1.81. The number of hydrogen-bond donors (Lipinski definition) is 0. The molecule has 2 saturated heterocycles. The lowest BCUT2D eigenvalue weighted by Crippen LogP contribution is -2.44. The Morgan fingerprint density at radius 1 is 1.04 bits per heavy atom. The summed E-state index contributed by atoms with van der Waals surface area (Å²) in [6.45, 7) is 7.13. The van der Waals surface area contributed by atoms with E-state index < -0.39 is 0 Å². The van der Waals surface area contributed by atoms with Crippen molar-refractivity contribution in [2.45, 2.75) is 32.4 Å². The summed E-state index contributed by atoms with van der Waals surface area (Å²) in [7, 11) is 0. The van der Waals surface area contributed by atoms with Crippen molar-refractivity contribution >= 4 is 11.3 Å². The van der Waals surface area contributed by atoms with Crippen LogP contribution in [0.3, 0.4) is 0 Å². The SMILES string of the molecule is c1ccc(CN2CCC[C@]3(CCN(Cc4ccsc4)C3)C2)nc1. The molecule has 2 aromatic heterocycles. The molecule has 0 unspecified atom stereocenters. The molecule has 4 heteroatoms. The zero-order chi connectivity index (χ0) is 15.5. The van der Waals surface area contributed by atoms with Crippen molar-refractivity contribution in [1.82, 2.24) is 14.8 Å². The molecule has 122 valence electrons. The molecule has 0 aliphatic carbocycles. The van der Waals surface area contributed by atoms with Crippen molar-refractivity contribution in [1.29, 1.82) is 0 Å². The number of rotatable bonds is 4. The fourth-order valence-electron chi connectivity index (χ4n) is 4.30. The highest BCUT2D eigenvalue weighted by Gasteiger charge is 2.41. The van der Waals surface area contributed by atoms with Crippen molar-refractivity contribution < 1.29 is 0 Å². The van der Waals surface area contributed by atoms with Crippen LogP contribution in [-0.2, 0) is 13.1 Å². The van der Waals surface area contributed by atoms with Gasteiger partial charge in [-0.1, -0.05) is 6.07 Å². The van der Waals surface area contributed by atoms with Gasteiger partial charge in [0.1, 0.15) is 0 Å². The highest BCUT2D eigenvalue weighted by molar-refractivity contribution is 7.07. The van der Waals surface area contributed by atoms with Crippen molar-refractivity contribution in [2.75, 3.05) is 26.2 Å². The summed E-state index contributed by atoms with van der Waals surface area (Å²) in [6.07, 6.45) is 5.99. The minimum atomic E-state index is 0.517. The highest BCUT2D eigenvalue weighted by atomic mass is 32.1. The third kappa shape index (κ3) is 3.65. The van der Waals surface area contributed by atoms with Crippen LogP contribution in [0.15, 0.2) is 41.2 Å². The second kappa shape index (κ2) is 6.71. The van der Waals surface area contributed by atoms with Gasteiger partial charge in [-0.05, 0) is 72.3 Å². The van der Waals surface area contributed by atoms with Crippen LogP contribution in [-0.4, -0.2) is 41.0 Å². The molecule has 1 atom stereocenters. The fourth-order valence-corrected chi connectivity index (χ4v) is 4.96. The molecule has 0 saturated carbocycles. The Hall–Kier alpha value is -1.23. The Bertz CT molecular complexity index is 613. The van der Waals surface area contributed by atoms with Crippen LogP contribution in [0, 0.1) is 5.41 Å². The number of piperidine rings is 1. The van der Waals surface area contributed by atoms with E-state index in [1.807, 2.05) is 23.6 Å². The van der Waals surface area contributed by atoms with Gasteiger partial charge in [0.15, 0.2) is 0 Å². The zero-order valence-electron chi connectivity index (χ0n) is 13.7. The fraction of sp³-hybridized carbons (Fsp3) is 0.526. The van der Waals surface area contributed by atoms with Crippen molar-refractivity contribution in [3.05, 3.63) is 52.5 Å². The first-order valence-corrected chi connectivity index (χ1v) is 9.61. The number of hydrogen-bond acceptors (Lipinski definition) is 4. The molecular formula is C19H25N3S. The van der Waals surface area contributed by atoms with E-state index >= 15 is 0 Å². The second-order valence-corrected chi connectivity index (χ2v) is 8.01. The van der Waals surface area contributed by atoms with E-state index in [1.54, 1.807) is 0 Å². The largest absolute Gasteiger partial charge is 0.298 e. The summed E-state index contributed by atoms with van der Waals surface area (Å²) in [5.41, 5.74) is 3.20. The van der Waals surface area contributed by atoms with Crippen molar-refractivity contribution in [2.24, 2.45) is 5.41 Å². The predicted molar refractivity (Wildman–Crippen MR) is 95.4 cm³/mol. The molecule has 1 spiro atoms. The number of likely N-dealkylation sites (tertiary alicyclic amines) is 2. The first-order chi connectivity index (χ1) is 11.3. The van der Waals surface area contributed by atoms with Gasteiger partial charge in [-0.25, -0.2) is 0 Å². The molecular weight excluding hydrogens is 302 g/mol. The normalized spacial score (nSPS) is 26.1.